The van der Waals surface area contributed by atoms with Gasteiger partial charge >= 0.3 is 0 Å². The fraction of sp³-hybridized carbons (Fsp3) is 0.227. The molecule has 0 saturated carbocycles. The Morgan fingerprint density at radius 3 is 2.50 bits per heavy atom. The van der Waals surface area contributed by atoms with Crippen molar-refractivity contribution in [3.63, 3.8) is 0 Å². The van der Waals surface area contributed by atoms with Gasteiger partial charge < -0.3 is 9.64 Å². The van der Waals surface area contributed by atoms with E-state index in [-0.39, 0.29) is 23.2 Å². The first-order valence-electron chi connectivity index (χ1n) is 10.2. The lowest BCUT2D eigenvalue weighted by Crippen LogP contribution is -2.50. The third-order valence-electron chi connectivity index (χ3n) is 5.36. The molecule has 162 valence electrons. The highest BCUT2D eigenvalue weighted by Gasteiger charge is 2.31. The van der Waals surface area contributed by atoms with Crippen molar-refractivity contribution in [2.45, 2.75) is 12.5 Å². The molecule has 2 aromatic carbocycles. The summed E-state index contributed by atoms with van der Waals surface area (Å²) < 4.78 is 20.3. The van der Waals surface area contributed by atoms with Crippen LogP contribution in [-0.2, 0) is 11.2 Å². The zero-order chi connectivity index (χ0) is 21.9. The predicted molar refractivity (Wildman–Crippen MR) is 112 cm³/mol. The maximum atomic E-state index is 14.7. The largest absolute Gasteiger partial charge is 0.377 e. The number of carbonyl (C=O) groups is 1. The first kappa shape index (κ1) is 20.0. The fourth-order valence-electron chi connectivity index (χ4n) is 3.90. The highest BCUT2D eigenvalue weighted by molar-refractivity contribution is 5.98. The quantitative estimate of drug-likeness (QED) is 0.479. The molecule has 1 amide bonds. The second-order valence-electron chi connectivity index (χ2n) is 7.37. The molecule has 1 aliphatic rings. The van der Waals surface area contributed by atoms with Gasteiger partial charge in [0.15, 0.2) is 5.82 Å². The van der Waals surface area contributed by atoms with Crippen LogP contribution in [0.4, 0.5) is 4.39 Å². The van der Waals surface area contributed by atoms with Gasteiger partial charge in [-0.3, -0.25) is 4.79 Å². The number of aromatic nitrogens is 6. The van der Waals surface area contributed by atoms with Crippen LogP contribution in [0.1, 0.15) is 15.9 Å². The van der Waals surface area contributed by atoms with Gasteiger partial charge in [-0.1, -0.05) is 18.2 Å². The Morgan fingerprint density at radius 2 is 1.72 bits per heavy atom. The third kappa shape index (κ3) is 3.87. The minimum Gasteiger partial charge on any atom is -0.377 e. The predicted octanol–water partition coefficient (Wildman–Crippen LogP) is 2.07. The van der Waals surface area contributed by atoms with Gasteiger partial charge in [0.1, 0.15) is 5.69 Å². The Kier molecular flexibility index (Phi) is 5.42. The standard InChI is InChI=1S/C22H20FN7O2/c23-20-6-2-5-19(21(20)30-26-9-10-27-30)22(31)28-11-12-32-15-18(28)14-16-3-1-4-17(13-16)29-24-7-8-25-29/h1-10,13,18H,11-12,14-15H2. The second-order valence-corrected chi connectivity index (χ2v) is 7.37. The number of carbonyl (C=O) groups excluding carboxylic acids is 1. The van der Waals surface area contributed by atoms with E-state index < -0.39 is 5.82 Å². The maximum absolute atomic E-state index is 14.7. The summed E-state index contributed by atoms with van der Waals surface area (Å²) in [5.74, 6) is -0.841. The SMILES string of the molecule is O=C(c1cccc(F)c1-n1nccn1)N1CCOCC1Cc1cccc(-n2nccn2)c1. The third-order valence-corrected chi connectivity index (χ3v) is 5.36. The molecule has 9 nitrogen and oxygen atoms in total. The zero-order valence-corrected chi connectivity index (χ0v) is 17.1. The summed E-state index contributed by atoms with van der Waals surface area (Å²) >= 11 is 0. The maximum Gasteiger partial charge on any atom is 0.256 e. The minimum atomic E-state index is -0.559. The summed E-state index contributed by atoms with van der Waals surface area (Å²) in [4.78, 5) is 18.0. The van der Waals surface area contributed by atoms with Crippen molar-refractivity contribution in [1.82, 2.24) is 34.9 Å². The molecule has 1 atom stereocenters. The van der Waals surface area contributed by atoms with Gasteiger partial charge in [0.25, 0.3) is 5.91 Å². The lowest BCUT2D eigenvalue weighted by Gasteiger charge is -2.36. The highest BCUT2D eigenvalue weighted by Crippen LogP contribution is 2.23. The summed E-state index contributed by atoms with van der Waals surface area (Å²) in [7, 11) is 0. The van der Waals surface area contributed by atoms with E-state index in [1.807, 2.05) is 24.3 Å². The number of amides is 1. The van der Waals surface area contributed by atoms with Crippen LogP contribution in [0, 0.1) is 5.82 Å². The van der Waals surface area contributed by atoms with E-state index in [0.29, 0.717) is 26.2 Å². The van der Waals surface area contributed by atoms with Crippen LogP contribution >= 0.6 is 0 Å². The molecule has 32 heavy (non-hydrogen) atoms. The number of morpholine rings is 1. The Bertz CT molecular complexity index is 1210. The van der Waals surface area contributed by atoms with E-state index in [4.69, 9.17) is 4.74 Å². The van der Waals surface area contributed by atoms with Gasteiger partial charge in [-0.05, 0) is 36.2 Å². The van der Waals surface area contributed by atoms with E-state index in [9.17, 15) is 9.18 Å². The molecule has 1 saturated heterocycles. The van der Waals surface area contributed by atoms with Crippen molar-refractivity contribution in [2.24, 2.45) is 0 Å². The van der Waals surface area contributed by atoms with Crippen molar-refractivity contribution in [1.29, 1.82) is 0 Å². The number of para-hydroxylation sites is 1. The molecule has 10 heteroatoms. The minimum absolute atomic E-state index is 0.0412. The summed E-state index contributed by atoms with van der Waals surface area (Å²) in [6.07, 6.45) is 6.70. The fourth-order valence-corrected chi connectivity index (χ4v) is 3.90. The molecule has 1 unspecified atom stereocenters. The summed E-state index contributed by atoms with van der Waals surface area (Å²) in [5, 5.41) is 16.4. The van der Waals surface area contributed by atoms with Crippen molar-refractivity contribution in [3.8, 4) is 11.4 Å². The van der Waals surface area contributed by atoms with Crippen LogP contribution in [-0.4, -0.2) is 66.6 Å². The molecular formula is C22H20FN7O2. The van der Waals surface area contributed by atoms with E-state index in [0.717, 1.165) is 16.0 Å². The highest BCUT2D eigenvalue weighted by atomic mass is 19.1. The van der Waals surface area contributed by atoms with Crippen LogP contribution < -0.4 is 0 Å². The van der Waals surface area contributed by atoms with Crippen molar-refractivity contribution < 1.29 is 13.9 Å². The topological polar surface area (TPSA) is 91.0 Å². The van der Waals surface area contributed by atoms with Crippen LogP contribution in [0.3, 0.4) is 0 Å². The van der Waals surface area contributed by atoms with E-state index in [1.54, 1.807) is 28.2 Å². The van der Waals surface area contributed by atoms with Crippen molar-refractivity contribution in [2.75, 3.05) is 19.8 Å². The number of halogens is 1. The lowest BCUT2D eigenvalue weighted by molar-refractivity contribution is -0.00167. The number of benzene rings is 2. The molecule has 2 aromatic heterocycles. The molecular weight excluding hydrogens is 413 g/mol. The van der Waals surface area contributed by atoms with Gasteiger partial charge in [0.05, 0.1) is 55.3 Å². The Hall–Kier alpha value is -3.92. The van der Waals surface area contributed by atoms with Gasteiger partial charge in [0.2, 0.25) is 0 Å². The second kappa shape index (κ2) is 8.67. The van der Waals surface area contributed by atoms with E-state index in [1.165, 1.54) is 24.5 Å². The number of ether oxygens (including phenoxy) is 1. The summed E-state index contributed by atoms with van der Waals surface area (Å²) in [6.45, 7) is 1.22. The number of hydrogen-bond acceptors (Lipinski definition) is 6. The van der Waals surface area contributed by atoms with E-state index >= 15 is 0 Å². The molecule has 0 N–H and O–H groups in total. The van der Waals surface area contributed by atoms with Crippen LogP contribution in [0.5, 0.6) is 0 Å². The average Bonchev–Trinajstić information content (AvgIpc) is 3.54. The Labute approximate surface area is 183 Å². The molecule has 3 heterocycles. The average molecular weight is 433 g/mol. The Balaban J connectivity index is 1.43. The molecule has 1 fully saturated rings. The molecule has 0 bridgehead atoms. The molecule has 0 spiro atoms. The van der Waals surface area contributed by atoms with Crippen LogP contribution in [0.2, 0.25) is 0 Å². The molecule has 5 rings (SSSR count). The summed E-state index contributed by atoms with van der Waals surface area (Å²) in [6, 6.07) is 12.0. The number of nitrogens with zero attached hydrogens (tertiary/aromatic N) is 7. The zero-order valence-electron chi connectivity index (χ0n) is 17.1. The van der Waals surface area contributed by atoms with Gasteiger partial charge in [-0.15, -0.1) is 4.80 Å². The molecule has 4 aromatic rings. The van der Waals surface area contributed by atoms with Gasteiger partial charge in [0, 0.05) is 6.54 Å². The number of hydrogen-bond donors (Lipinski definition) is 0. The van der Waals surface area contributed by atoms with Crippen LogP contribution in [0.25, 0.3) is 11.4 Å². The first-order chi connectivity index (χ1) is 15.7. The first-order valence-corrected chi connectivity index (χ1v) is 10.2. The number of rotatable bonds is 5. The monoisotopic (exact) mass is 433 g/mol. The van der Waals surface area contributed by atoms with Crippen LogP contribution in [0.15, 0.2) is 67.3 Å². The normalized spacial score (nSPS) is 16.3. The van der Waals surface area contributed by atoms with Crippen molar-refractivity contribution in [3.05, 3.63) is 84.2 Å². The smallest absolute Gasteiger partial charge is 0.256 e. The van der Waals surface area contributed by atoms with E-state index in [2.05, 4.69) is 20.4 Å². The molecule has 1 aliphatic heterocycles. The molecule has 0 radical (unpaired) electrons. The van der Waals surface area contributed by atoms with Gasteiger partial charge in [-0.25, -0.2) is 4.39 Å². The molecule has 0 aliphatic carbocycles. The Morgan fingerprint density at radius 1 is 1.00 bits per heavy atom. The summed E-state index contributed by atoms with van der Waals surface area (Å²) in [5.41, 5.74) is 2.10. The van der Waals surface area contributed by atoms with Gasteiger partial charge in [-0.2, -0.15) is 25.2 Å². The van der Waals surface area contributed by atoms with Crippen molar-refractivity contribution >= 4 is 5.91 Å². The lowest BCUT2D eigenvalue weighted by atomic mass is 10.0.